The van der Waals surface area contributed by atoms with Crippen LogP contribution in [0.3, 0.4) is 0 Å². The third-order valence-electron chi connectivity index (χ3n) is 10.8. The number of benzene rings is 2. The third kappa shape index (κ3) is 4.24. The Hall–Kier alpha value is -4.52. The minimum absolute atomic E-state index is 0.0122. The third-order valence-corrected chi connectivity index (χ3v) is 10.8. The van der Waals surface area contributed by atoms with Gasteiger partial charge in [-0.2, -0.15) is 0 Å². The molecule has 0 spiro atoms. The molecule has 4 unspecified atom stereocenters. The van der Waals surface area contributed by atoms with E-state index in [1.807, 2.05) is 13.8 Å². The Bertz CT molecular complexity index is 1650. The molecule has 8 rings (SSSR count). The number of hydrogen-bond acceptors (Lipinski definition) is 11. The number of phenols is 1. The molecule has 0 saturated carbocycles. The highest BCUT2D eigenvalue weighted by Crippen LogP contribution is 2.56. The topological polar surface area (TPSA) is 159 Å². The van der Waals surface area contributed by atoms with Crippen molar-refractivity contribution < 1.29 is 52.7 Å². The fourth-order valence-electron chi connectivity index (χ4n) is 8.81. The molecular weight excluding hydrogens is 612 g/mol. The van der Waals surface area contributed by atoms with E-state index in [1.54, 1.807) is 24.3 Å². The number of fused-ring (bicyclic) bond motifs is 8. The quantitative estimate of drug-likeness (QED) is 0.335. The Labute approximate surface area is 270 Å². The molecule has 5 aliphatic heterocycles. The molecule has 13 heteroatoms. The van der Waals surface area contributed by atoms with Crippen LogP contribution in [0.1, 0.15) is 55.3 Å². The minimum atomic E-state index is -1.06. The molecular formula is C34H36N2O11. The zero-order valence-corrected chi connectivity index (χ0v) is 26.4. The number of esters is 1. The van der Waals surface area contributed by atoms with E-state index >= 15 is 0 Å². The van der Waals surface area contributed by atoms with Crippen molar-refractivity contribution in [3.63, 3.8) is 0 Å². The molecule has 4 fully saturated rings. The number of cyclic esters (lactones) is 1. The van der Waals surface area contributed by atoms with Gasteiger partial charge in [-0.15, -0.1) is 0 Å². The number of nitrogens with zero attached hydrogens (tertiary/aromatic N) is 1. The minimum Gasteiger partial charge on any atom is -0.502 e. The molecule has 248 valence electrons. The lowest BCUT2D eigenvalue weighted by molar-refractivity contribution is -0.152. The fourth-order valence-corrected chi connectivity index (χ4v) is 8.81. The van der Waals surface area contributed by atoms with E-state index in [4.69, 9.17) is 28.4 Å². The smallest absolute Gasteiger partial charge is 0.310 e. The van der Waals surface area contributed by atoms with Crippen molar-refractivity contribution in [1.29, 1.82) is 0 Å². The summed E-state index contributed by atoms with van der Waals surface area (Å²) in [5.74, 6) is -3.88. The van der Waals surface area contributed by atoms with Gasteiger partial charge in [0.1, 0.15) is 6.04 Å². The number of carbonyl (C=O) groups is 4. The van der Waals surface area contributed by atoms with Gasteiger partial charge in [0.2, 0.25) is 30.3 Å². The van der Waals surface area contributed by atoms with E-state index < -0.39 is 53.5 Å². The number of ether oxygens (including phenoxy) is 6. The average molecular weight is 649 g/mol. The van der Waals surface area contributed by atoms with Crippen LogP contribution in [0, 0.1) is 29.6 Å². The normalized spacial score (nSPS) is 31.9. The lowest BCUT2D eigenvalue weighted by atomic mass is 9.65. The number of amides is 3. The summed E-state index contributed by atoms with van der Waals surface area (Å²) in [7, 11) is 2.85. The standard InChI is InChI=1S/C34H36N2O11/c1-13(2)29(36-32(39)26-18-5-6-19(47-18)27(26)33(36)40)31(38)35-28-16-10-21-20(45-12-46-21)9-15(16)24(25-17(28)11-44-34(25)41)14-7-22(42-3)30(37)23(8-14)43-4/h7-10,13,17-19,24-29,37H,5-6,11-12H2,1-4H3,(H,35,38)/t17-,18?,19?,24+,25-,26?,27?,28+,29-/m0/s1. The molecule has 0 aromatic heterocycles. The number of hydrogen-bond donors (Lipinski definition) is 2. The van der Waals surface area contributed by atoms with Gasteiger partial charge in [0, 0.05) is 11.8 Å². The number of imide groups is 1. The Morgan fingerprint density at radius 1 is 0.894 bits per heavy atom. The predicted octanol–water partition coefficient (Wildman–Crippen LogP) is 2.42. The highest BCUT2D eigenvalue weighted by atomic mass is 16.7. The molecule has 47 heavy (non-hydrogen) atoms. The van der Waals surface area contributed by atoms with Crippen LogP contribution in [0.15, 0.2) is 24.3 Å². The van der Waals surface area contributed by atoms with Gasteiger partial charge < -0.3 is 38.8 Å². The number of aromatic hydroxyl groups is 1. The van der Waals surface area contributed by atoms with Gasteiger partial charge in [-0.25, -0.2) is 0 Å². The molecule has 0 radical (unpaired) electrons. The van der Waals surface area contributed by atoms with Gasteiger partial charge in [-0.05, 0) is 59.7 Å². The largest absolute Gasteiger partial charge is 0.502 e. The lowest BCUT2D eigenvalue weighted by Crippen LogP contribution is -2.55. The van der Waals surface area contributed by atoms with Crippen LogP contribution < -0.4 is 24.3 Å². The van der Waals surface area contributed by atoms with E-state index in [2.05, 4.69) is 5.32 Å². The van der Waals surface area contributed by atoms with Crippen molar-refractivity contribution >= 4 is 23.7 Å². The molecule has 2 aromatic rings. The molecule has 13 nitrogen and oxygen atoms in total. The van der Waals surface area contributed by atoms with Crippen LogP contribution in [0.4, 0.5) is 0 Å². The second-order valence-corrected chi connectivity index (χ2v) is 13.5. The van der Waals surface area contributed by atoms with E-state index in [-0.39, 0.29) is 60.6 Å². The summed E-state index contributed by atoms with van der Waals surface area (Å²) in [5.41, 5.74) is 2.00. The number of carbonyl (C=O) groups excluding carboxylic acids is 4. The van der Waals surface area contributed by atoms with Crippen molar-refractivity contribution in [2.24, 2.45) is 29.6 Å². The Morgan fingerprint density at radius 2 is 1.49 bits per heavy atom. The Morgan fingerprint density at radius 3 is 2.06 bits per heavy atom. The maximum absolute atomic E-state index is 14.4. The summed E-state index contributed by atoms with van der Waals surface area (Å²) < 4.78 is 33.9. The maximum Gasteiger partial charge on any atom is 0.310 e. The monoisotopic (exact) mass is 648 g/mol. The first-order valence-electron chi connectivity index (χ1n) is 16.0. The maximum atomic E-state index is 14.4. The van der Waals surface area contributed by atoms with Crippen LogP contribution >= 0.6 is 0 Å². The van der Waals surface area contributed by atoms with Crippen molar-refractivity contribution in [2.45, 2.75) is 56.9 Å². The van der Waals surface area contributed by atoms with E-state index in [9.17, 15) is 24.3 Å². The summed E-state index contributed by atoms with van der Waals surface area (Å²) in [6.07, 6.45) is 0.855. The summed E-state index contributed by atoms with van der Waals surface area (Å²) in [4.78, 5) is 56.5. The molecule has 6 aliphatic rings. The second-order valence-electron chi connectivity index (χ2n) is 13.5. The Balaban J connectivity index is 1.20. The number of phenolic OH excluding ortho intramolecular Hbond substituents is 1. The predicted molar refractivity (Wildman–Crippen MR) is 160 cm³/mol. The van der Waals surface area contributed by atoms with Crippen LogP contribution in [-0.2, 0) is 28.7 Å². The molecule has 1 aliphatic carbocycles. The van der Waals surface area contributed by atoms with Crippen molar-refractivity contribution in [3.05, 3.63) is 41.0 Å². The summed E-state index contributed by atoms with van der Waals surface area (Å²) >= 11 is 0. The molecule has 4 saturated heterocycles. The molecule has 9 atom stereocenters. The van der Waals surface area contributed by atoms with Gasteiger partial charge >= 0.3 is 5.97 Å². The lowest BCUT2D eigenvalue weighted by Gasteiger charge is -2.40. The van der Waals surface area contributed by atoms with Crippen LogP contribution in [0.25, 0.3) is 0 Å². The van der Waals surface area contributed by atoms with Gasteiger partial charge in [0.05, 0.1) is 56.8 Å². The molecule has 2 aromatic carbocycles. The van der Waals surface area contributed by atoms with Crippen molar-refractivity contribution in [3.8, 4) is 28.7 Å². The summed E-state index contributed by atoms with van der Waals surface area (Å²) in [6, 6.07) is 5.14. The van der Waals surface area contributed by atoms with Gasteiger partial charge in [0.25, 0.3) is 0 Å². The zero-order valence-electron chi connectivity index (χ0n) is 26.4. The number of methoxy groups -OCH3 is 2. The SMILES string of the molecule is COc1cc([C@@H]2c3cc4c(cc3[C@@H](NC(=O)[C@H](C(C)C)N3C(=O)C5C6CCC(O6)C5C3=O)[C@H]3COC(=O)[C@H]23)OCO4)cc(OC)c1O. The van der Waals surface area contributed by atoms with Gasteiger partial charge in [0.15, 0.2) is 23.0 Å². The van der Waals surface area contributed by atoms with Gasteiger partial charge in [-0.3, -0.25) is 24.1 Å². The number of likely N-dealkylation sites (tertiary alicyclic amines) is 1. The molecule has 2 N–H and O–H groups in total. The fraction of sp³-hybridized carbons (Fsp3) is 0.529. The second kappa shape index (κ2) is 10.8. The number of nitrogens with one attached hydrogen (secondary N) is 1. The molecule has 3 amide bonds. The van der Waals surface area contributed by atoms with Crippen molar-refractivity contribution in [1.82, 2.24) is 10.2 Å². The first-order chi connectivity index (χ1) is 22.6. The van der Waals surface area contributed by atoms with Crippen LogP contribution in [0.2, 0.25) is 0 Å². The summed E-state index contributed by atoms with van der Waals surface area (Å²) in [6.45, 7) is 3.66. The first-order valence-corrected chi connectivity index (χ1v) is 16.0. The average Bonchev–Trinajstić information content (AvgIpc) is 3.89. The Kier molecular flexibility index (Phi) is 6.83. The van der Waals surface area contributed by atoms with Crippen LogP contribution in [-0.4, -0.2) is 79.6 Å². The zero-order chi connectivity index (χ0) is 32.9. The molecule has 5 heterocycles. The van der Waals surface area contributed by atoms with E-state index in [1.165, 1.54) is 14.2 Å². The first kappa shape index (κ1) is 29.9. The highest BCUT2D eigenvalue weighted by molar-refractivity contribution is 6.09. The van der Waals surface area contributed by atoms with Gasteiger partial charge in [-0.1, -0.05) is 13.8 Å². The van der Waals surface area contributed by atoms with Crippen LogP contribution in [0.5, 0.6) is 28.7 Å². The number of rotatable bonds is 7. The molecule has 2 bridgehead atoms. The summed E-state index contributed by atoms with van der Waals surface area (Å²) in [5, 5.41) is 13.8. The van der Waals surface area contributed by atoms with Crippen molar-refractivity contribution in [2.75, 3.05) is 27.6 Å². The highest BCUT2D eigenvalue weighted by Gasteiger charge is 2.64. The van der Waals surface area contributed by atoms with E-state index in [0.717, 1.165) is 17.7 Å². The van der Waals surface area contributed by atoms with E-state index in [0.29, 0.717) is 28.2 Å².